The number of benzene rings is 2. The molecule has 140 valence electrons. The van der Waals surface area contributed by atoms with E-state index in [0.717, 1.165) is 10.9 Å². The van der Waals surface area contributed by atoms with Gasteiger partial charge in [0.05, 0.1) is 35.4 Å². The molecule has 0 unspecified atom stereocenters. The fourth-order valence-electron chi connectivity index (χ4n) is 2.50. The smallest absolute Gasteiger partial charge is 0.242 e. The van der Waals surface area contributed by atoms with E-state index < -0.39 is 22.0 Å². The van der Waals surface area contributed by atoms with Crippen molar-refractivity contribution in [3.63, 3.8) is 0 Å². The minimum atomic E-state index is -3.84. The standard InChI is InChI=1S/C19H19N3O4S/c1-13(22-27(24,25)17-9-7-16(26-2)8-10-17)19(23)21-15-11-14-5-3-4-6-18(14)20-12-15/h3-13,22H,1-2H3,(H,21,23)/t13-/m0/s1. The minimum Gasteiger partial charge on any atom is -0.497 e. The monoisotopic (exact) mass is 385 g/mol. The highest BCUT2D eigenvalue weighted by atomic mass is 32.2. The number of ether oxygens (including phenoxy) is 1. The highest BCUT2D eigenvalue weighted by Crippen LogP contribution is 2.17. The summed E-state index contributed by atoms with van der Waals surface area (Å²) in [6, 6.07) is 14.2. The summed E-state index contributed by atoms with van der Waals surface area (Å²) in [5.41, 5.74) is 1.30. The summed E-state index contributed by atoms with van der Waals surface area (Å²) in [6.45, 7) is 1.48. The molecule has 0 aliphatic rings. The first kappa shape index (κ1) is 18.8. The van der Waals surface area contributed by atoms with E-state index in [1.165, 1.54) is 32.4 Å². The van der Waals surface area contributed by atoms with E-state index in [2.05, 4.69) is 15.0 Å². The number of amides is 1. The summed E-state index contributed by atoms with van der Waals surface area (Å²) in [5, 5.41) is 3.55. The molecule has 0 aliphatic heterocycles. The number of pyridine rings is 1. The molecule has 3 aromatic rings. The van der Waals surface area contributed by atoms with Crippen molar-refractivity contribution in [3.8, 4) is 5.75 Å². The number of fused-ring (bicyclic) bond motifs is 1. The van der Waals surface area contributed by atoms with Gasteiger partial charge in [-0.2, -0.15) is 4.72 Å². The van der Waals surface area contributed by atoms with Crippen LogP contribution in [0.5, 0.6) is 5.75 Å². The fraction of sp³-hybridized carbons (Fsp3) is 0.158. The highest BCUT2D eigenvalue weighted by molar-refractivity contribution is 7.89. The second kappa shape index (κ2) is 7.73. The molecule has 1 amide bonds. The van der Waals surface area contributed by atoms with Crippen LogP contribution in [0.1, 0.15) is 6.92 Å². The van der Waals surface area contributed by atoms with Crippen LogP contribution in [0, 0.1) is 0 Å². The molecule has 1 atom stereocenters. The third-order valence-corrected chi connectivity index (χ3v) is 5.51. The van der Waals surface area contributed by atoms with Gasteiger partial charge in [-0.3, -0.25) is 9.78 Å². The number of nitrogens with zero attached hydrogens (tertiary/aromatic N) is 1. The van der Waals surface area contributed by atoms with Crippen molar-refractivity contribution in [1.82, 2.24) is 9.71 Å². The summed E-state index contributed by atoms with van der Waals surface area (Å²) in [7, 11) is -2.34. The summed E-state index contributed by atoms with van der Waals surface area (Å²) in [6.07, 6.45) is 1.53. The molecule has 0 aliphatic carbocycles. The molecule has 8 heteroatoms. The first-order valence-corrected chi connectivity index (χ1v) is 9.69. The molecule has 0 saturated heterocycles. The second-order valence-electron chi connectivity index (χ2n) is 5.92. The molecular formula is C19H19N3O4S. The lowest BCUT2D eigenvalue weighted by Gasteiger charge is -2.15. The van der Waals surface area contributed by atoms with Gasteiger partial charge in [-0.25, -0.2) is 8.42 Å². The molecule has 7 nitrogen and oxygen atoms in total. The molecule has 1 heterocycles. The molecular weight excluding hydrogens is 366 g/mol. The van der Waals surface area contributed by atoms with Gasteiger partial charge in [0.15, 0.2) is 0 Å². The molecule has 0 fully saturated rings. The largest absolute Gasteiger partial charge is 0.497 e. The Morgan fingerprint density at radius 2 is 1.81 bits per heavy atom. The van der Waals surface area contributed by atoms with Crippen molar-refractivity contribution in [1.29, 1.82) is 0 Å². The van der Waals surface area contributed by atoms with E-state index in [1.807, 2.05) is 24.3 Å². The van der Waals surface area contributed by atoms with Gasteiger partial charge in [0.2, 0.25) is 15.9 Å². The zero-order valence-electron chi connectivity index (χ0n) is 14.8. The maximum Gasteiger partial charge on any atom is 0.242 e. The summed E-state index contributed by atoms with van der Waals surface area (Å²) >= 11 is 0. The molecule has 0 bridgehead atoms. The van der Waals surface area contributed by atoms with Crippen molar-refractivity contribution in [3.05, 3.63) is 60.8 Å². The van der Waals surface area contributed by atoms with E-state index in [1.54, 1.807) is 18.2 Å². The van der Waals surface area contributed by atoms with E-state index in [9.17, 15) is 13.2 Å². The number of aromatic nitrogens is 1. The first-order chi connectivity index (χ1) is 12.9. The minimum absolute atomic E-state index is 0.0512. The predicted octanol–water partition coefficient (Wildman–Crippen LogP) is 2.55. The number of nitrogens with one attached hydrogen (secondary N) is 2. The zero-order chi connectivity index (χ0) is 19.4. The molecule has 0 saturated carbocycles. The van der Waals surface area contributed by atoms with Gasteiger partial charge in [-0.05, 0) is 43.3 Å². The Balaban J connectivity index is 1.70. The van der Waals surface area contributed by atoms with Gasteiger partial charge < -0.3 is 10.1 Å². The number of carbonyl (C=O) groups is 1. The molecule has 0 spiro atoms. The summed E-state index contributed by atoms with van der Waals surface area (Å²) in [5.74, 6) is 0.0627. The number of sulfonamides is 1. The highest BCUT2D eigenvalue weighted by Gasteiger charge is 2.22. The average Bonchev–Trinajstić information content (AvgIpc) is 2.67. The second-order valence-corrected chi connectivity index (χ2v) is 7.64. The average molecular weight is 385 g/mol. The van der Waals surface area contributed by atoms with Crippen molar-refractivity contribution in [2.75, 3.05) is 12.4 Å². The lowest BCUT2D eigenvalue weighted by molar-refractivity contribution is -0.117. The molecule has 27 heavy (non-hydrogen) atoms. The molecule has 0 radical (unpaired) electrons. The van der Waals surface area contributed by atoms with Crippen LogP contribution < -0.4 is 14.8 Å². The number of rotatable bonds is 6. The third kappa shape index (κ3) is 4.42. The number of carbonyl (C=O) groups excluding carboxylic acids is 1. The quantitative estimate of drug-likeness (QED) is 0.680. The SMILES string of the molecule is COc1ccc(S(=O)(=O)N[C@@H](C)C(=O)Nc2cnc3ccccc3c2)cc1. The number of anilines is 1. The lowest BCUT2D eigenvalue weighted by atomic mass is 10.2. The summed E-state index contributed by atoms with van der Waals surface area (Å²) < 4.78 is 32.2. The Bertz CT molecular complexity index is 1070. The molecule has 1 aromatic heterocycles. The van der Waals surface area contributed by atoms with Crippen LogP contribution in [0.4, 0.5) is 5.69 Å². The maximum atomic E-state index is 12.4. The van der Waals surface area contributed by atoms with Crippen LogP contribution >= 0.6 is 0 Å². The van der Waals surface area contributed by atoms with Crippen molar-refractivity contribution in [2.45, 2.75) is 17.9 Å². The fourth-order valence-corrected chi connectivity index (χ4v) is 3.70. The molecule has 2 N–H and O–H groups in total. The first-order valence-electron chi connectivity index (χ1n) is 8.21. The van der Waals surface area contributed by atoms with Gasteiger partial charge in [0.1, 0.15) is 5.75 Å². The van der Waals surface area contributed by atoms with Crippen LogP contribution in [0.15, 0.2) is 65.7 Å². The van der Waals surface area contributed by atoms with Crippen molar-refractivity contribution in [2.24, 2.45) is 0 Å². The summed E-state index contributed by atoms with van der Waals surface area (Å²) in [4.78, 5) is 16.7. The van der Waals surface area contributed by atoms with E-state index in [-0.39, 0.29) is 4.90 Å². The van der Waals surface area contributed by atoms with Gasteiger partial charge in [-0.1, -0.05) is 18.2 Å². The number of hydrogen-bond acceptors (Lipinski definition) is 5. The maximum absolute atomic E-state index is 12.4. The Morgan fingerprint density at radius 3 is 2.52 bits per heavy atom. The number of hydrogen-bond donors (Lipinski definition) is 2. The Labute approximate surface area is 157 Å². The Kier molecular flexibility index (Phi) is 5.38. The van der Waals surface area contributed by atoms with Crippen molar-refractivity contribution < 1.29 is 17.9 Å². The van der Waals surface area contributed by atoms with Crippen LogP contribution in [-0.2, 0) is 14.8 Å². The van der Waals surface area contributed by atoms with Gasteiger partial charge in [0.25, 0.3) is 0 Å². The van der Waals surface area contributed by atoms with E-state index in [4.69, 9.17) is 4.74 Å². The van der Waals surface area contributed by atoms with E-state index in [0.29, 0.717) is 11.4 Å². The van der Waals surface area contributed by atoms with Crippen LogP contribution in [-0.4, -0.2) is 32.5 Å². The van der Waals surface area contributed by atoms with Gasteiger partial charge in [-0.15, -0.1) is 0 Å². The van der Waals surface area contributed by atoms with Gasteiger partial charge >= 0.3 is 0 Å². The zero-order valence-corrected chi connectivity index (χ0v) is 15.7. The molecule has 2 aromatic carbocycles. The Hall–Kier alpha value is -2.97. The van der Waals surface area contributed by atoms with Crippen LogP contribution in [0.25, 0.3) is 10.9 Å². The predicted molar refractivity (Wildman–Crippen MR) is 103 cm³/mol. The number of para-hydroxylation sites is 1. The van der Waals surface area contributed by atoms with Crippen molar-refractivity contribution >= 4 is 32.5 Å². The molecule has 3 rings (SSSR count). The Morgan fingerprint density at radius 1 is 1.11 bits per heavy atom. The van der Waals surface area contributed by atoms with Crippen LogP contribution in [0.3, 0.4) is 0 Å². The van der Waals surface area contributed by atoms with Gasteiger partial charge in [0, 0.05) is 5.39 Å². The topological polar surface area (TPSA) is 97.4 Å². The third-order valence-electron chi connectivity index (χ3n) is 3.95. The van der Waals surface area contributed by atoms with E-state index >= 15 is 0 Å². The normalized spacial score (nSPS) is 12.5. The lowest BCUT2D eigenvalue weighted by Crippen LogP contribution is -2.41. The number of methoxy groups -OCH3 is 1. The van der Waals surface area contributed by atoms with Crippen LogP contribution in [0.2, 0.25) is 0 Å².